The molecule has 7 heteroatoms. The van der Waals surface area contributed by atoms with Crippen LogP contribution in [0.15, 0.2) is 48.9 Å². The Hall–Kier alpha value is -2.96. The minimum absolute atomic E-state index is 0.367. The second-order valence-electron chi connectivity index (χ2n) is 6.20. The number of hydrogen-bond acceptors (Lipinski definition) is 6. The zero-order valence-electron chi connectivity index (χ0n) is 13.8. The molecule has 25 heavy (non-hydrogen) atoms. The highest BCUT2D eigenvalue weighted by atomic mass is 16.5. The van der Waals surface area contributed by atoms with E-state index in [0.29, 0.717) is 23.8 Å². The van der Waals surface area contributed by atoms with E-state index in [0.717, 1.165) is 37.3 Å². The summed E-state index contributed by atoms with van der Waals surface area (Å²) in [5, 5.41) is 10.3. The van der Waals surface area contributed by atoms with Gasteiger partial charge in [-0.25, -0.2) is 9.97 Å². The van der Waals surface area contributed by atoms with Gasteiger partial charge in [0.05, 0.1) is 0 Å². The van der Waals surface area contributed by atoms with Crippen molar-refractivity contribution in [1.29, 1.82) is 0 Å². The lowest BCUT2D eigenvalue weighted by Gasteiger charge is -2.27. The minimum Gasteiger partial charge on any atom is -0.439 e. The van der Waals surface area contributed by atoms with Crippen LogP contribution in [0.3, 0.4) is 0 Å². The molecule has 1 aliphatic rings. The second-order valence-corrected chi connectivity index (χ2v) is 6.20. The second kappa shape index (κ2) is 7.29. The Morgan fingerprint density at radius 3 is 2.60 bits per heavy atom. The first-order chi connectivity index (χ1) is 12.4. The summed E-state index contributed by atoms with van der Waals surface area (Å²) in [4.78, 5) is 13.0. The van der Waals surface area contributed by atoms with Crippen molar-refractivity contribution in [1.82, 2.24) is 25.1 Å². The summed E-state index contributed by atoms with van der Waals surface area (Å²) >= 11 is 0. The van der Waals surface area contributed by atoms with E-state index in [4.69, 9.17) is 4.74 Å². The highest BCUT2D eigenvalue weighted by Gasteiger charge is 2.24. The van der Waals surface area contributed by atoms with Gasteiger partial charge in [0.1, 0.15) is 17.9 Å². The molecule has 2 aromatic heterocycles. The average Bonchev–Trinajstić information content (AvgIpc) is 3.18. The predicted molar refractivity (Wildman–Crippen MR) is 93.6 cm³/mol. The van der Waals surface area contributed by atoms with Crippen LogP contribution in [0.4, 0.5) is 5.95 Å². The van der Waals surface area contributed by atoms with Crippen molar-refractivity contribution in [3.05, 3.63) is 54.7 Å². The molecule has 0 atom stereocenters. The summed E-state index contributed by atoms with van der Waals surface area (Å²) in [7, 11) is 0. The van der Waals surface area contributed by atoms with Crippen LogP contribution in [0.5, 0.6) is 11.6 Å². The van der Waals surface area contributed by atoms with Crippen LogP contribution in [0.25, 0.3) is 0 Å². The van der Waals surface area contributed by atoms with Crippen LogP contribution < -0.4 is 10.1 Å². The molecule has 0 aliphatic heterocycles. The monoisotopic (exact) mass is 336 g/mol. The van der Waals surface area contributed by atoms with Crippen LogP contribution in [0.1, 0.15) is 37.4 Å². The summed E-state index contributed by atoms with van der Waals surface area (Å²) in [6.07, 6.45) is 7.55. The maximum absolute atomic E-state index is 5.76. The third kappa shape index (κ3) is 3.93. The summed E-state index contributed by atoms with van der Waals surface area (Å²) in [5.41, 5.74) is 0. The fourth-order valence-corrected chi connectivity index (χ4v) is 3.18. The highest BCUT2D eigenvalue weighted by molar-refractivity contribution is 5.32. The number of H-pyrrole nitrogens is 1. The number of anilines is 1. The molecular formula is C18H20N6O. The van der Waals surface area contributed by atoms with Crippen molar-refractivity contribution in [2.24, 2.45) is 0 Å². The van der Waals surface area contributed by atoms with Crippen LogP contribution >= 0.6 is 0 Å². The van der Waals surface area contributed by atoms with Gasteiger partial charge in [0.2, 0.25) is 11.8 Å². The first-order valence-corrected chi connectivity index (χ1v) is 8.54. The fourth-order valence-electron chi connectivity index (χ4n) is 3.18. The van der Waals surface area contributed by atoms with E-state index in [1.807, 2.05) is 30.3 Å². The Bertz CT molecular complexity index is 784. The zero-order chi connectivity index (χ0) is 16.9. The number of para-hydroxylation sites is 1. The van der Waals surface area contributed by atoms with Gasteiger partial charge in [-0.05, 0) is 37.8 Å². The lowest BCUT2D eigenvalue weighted by molar-refractivity contribution is 0.399. The van der Waals surface area contributed by atoms with Gasteiger partial charge in [-0.15, -0.1) is 0 Å². The number of rotatable bonds is 5. The molecule has 128 valence electrons. The number of ether oxygens (including phenoxy) is 1. The van der Waals surface area contributed by atoms with Gasteiger partial charge in [-0.2, -0.15) is 10.1 Å². The van der Waals surface area contributed by atoms with E-state index in [-0.39, 0.29) is 0 Å². The SMILES string of the molecule is c1ccc(Oc2ccnc(NC3CCC(c4ncn[nH]4)CC3)n2)cc1. The normalized spacial score (nSPS) is 20.2. The van der Waals surface area contributed by atoms with Crippen LogP contribution in [0.2, 0.25) is 0 Å². The van der Waals surface area contributed by atoms with Crippen molar-refractivity contribution in [2.75, 3.05) is 5.32 Å². The Labute approximate surface area is 145 Å². The molecule has 0 bridgehead atoms. The largest absolute Gasteiger partial charge is 0.439 e. The molecule has 0 amide bonds. The number of aromatic amines is 1. The van der Waals surface area contributed by atoms with Gasteiger partial charge >= 0.3 is 0 Å². The van der Waals surface area contributed by atoms with E-state index < -0.39 is 0 Å². The Balaban J connectivity index is 1.35. The first-order valence-electron chi connectivity index (χ1n) is 8.54. The molecule has 7 nitrogen and oxygen atoms in total. The van der Waals surface area contributed by atoms with E-state index in [9.17, 15) is 0 Å². The standard InChI is InChI=1S/C18H20N6O/c1-2-4-15(5-3-1)25-16-10-11-19-18(23-16)22-14-8-6-13(7-9-14)17-20-12-21-24-17/h1-5,10-14H,6-9H2,(H,19,22,23)(H,20,21,24). The van der Waals surface area contributed by atoms with Crippen molar-refractivity contribution >= 4 is 5.95 Å². The molecule has 1 fully saturated rings. The molecule has 0 unspecified atom stereocenters. The minimum atomic E-state index is 0.367. The Morgan fingerprint density at radius 1 is 1.00 bits per heavy atom. The van der Waals surface area contributed by atoms with Gasteiger partial charge in [0.25, 0.3) is 0 Å². The van der Waals surface area contributed by atoms with Crippen molar-refractivity contribution < 1.29 is 4.74 Å². The third-order valence-corrected chi connectivity index (χ3v) is 4.48. The number of aromatic nitrogens is 5. The molecule has 1 aliphatic carbocycles. The quantitative estimate of drug-likeness (QED) is 0.741. The van der Waals surface area contributed by atoms with Crippen LogP contribution in [0, 0.1) is 0 Å². The van der Waals surface area contributed by atoms with Crippen molar-refractivity contribution in [2.45, 2.75) is 37.6 Å². The van der Waals surface area contributed by atoms with Gasteiger partial charge in [0.15, 0.2) is 0 Å². The maximum atomic E-state index is 5.76. The number of nitrogens with zero attached hydrogens (tertiary/aromatic N) is 4. The first kappa shape index (κ1) is 15.6. The van der Waals surface area contributed by atoms with E-state index >= 15 is 0 Å². The predicted octanol–water partition coefficient (Wildman–Crippen LogP) is 3.53. The van der Waals surface area contributed by atoms with Gasteiger partial charge in [0, 0.05) is 24.2 Å². The maximum Gasteiger partial charge on any atom is 0.226 e. The topological polar surface area (TPSA) is 88.6 Å². The Morgan fingerprint density at radius 2 is 1.84 bits per heavy atom. The van der Waals surface area contributed by atoms with Gasteiger partial charge in [-0.3, -0.25) is 5.10 Å². The molecule has 2 heterocycles. The van der Waals surface area contributed by atoms with Gasteiger partial charge < -0.3 is 10.1 Å². The molecule has 1 aromatic carbocycles. The fraction of sp³-hybridized carbons (Fsp3) is 0.333. The molecule has 2 N–H and O–H groups in total. The highest BCUT2D eigenvalue weighted by Crippen LogP contribution is 2.31. The average molecular weight is 336 g/mol. The number of benzene rings is 1. The van der Waals surface area contributed by atoms with E-state index in [1.165, 1.54) is 0 Å². The summed E-state index contributed by atoms with van der Waals surface area (Å²) in [6.45, 7) is 0. The molecule has 0 spiro atoms. The van der Waals surface area contributed by atoms with Crippen LogP contribution in [-0.2, 0) is 0 Å². The smallest absolute Gasteiger partial charge is 0.226 e. The molecule has 4 rings (SSSR count). The zero-order valence-corrected chi connectivity index (χ0v) is 13.8. The number of hydrogen-bond donors (Lipinski definition) is 2. The summed E-state index contributed by atoms with van der Waals surface area (Å²) < 4.78 is 5.76. The molecular weight excluding hydrogens is 316 g/mol. The van der Waals surface area contributed by atoms with E-state index in [1.54, 1.807) is 18.6 Å². The summed E-state index contributed by atoms with van der Waals surface area (Å²) in [6, 6.07) is 11.8. The van der Waals surface area contributed by atoms with Gasteiger partial charge in [-0.1, -0.05) is 18.2 Å². The third-order valence-electron chi connectivity index (χ3n) is 4.48. The number of nitrogens with one attached hydrogen (secondary N) is 2. The molecule has 0 radical (unpaired) electrons. The van der Waals surface area contributed by atoms with Crippen molar-refractivity contribution in [3.63, 3.8) is 0 Å². The molecule has 1 saturated carbocycles. The molecule has 0 saturated heterocycles. The van der Waals surface area contributed by atoms with E-state index in [2.05, 4.69) is 30.5 Å². The summed E-state index contributed by atoms with van der Waals surface area (Å²) in [5.74, 6) is 3.37. The lowest BCUT2D eigenvalue weighted by atomic mass is 9.85. The van der Waals surface area contributed by atoms with Crippen LogP contribution in [-0.4, -0.2) is 31.2 Å². The molecule has 3 aromatic rings. The Kier molecular flexibility index (Phi) is 4.54. The van der Waals surface area contributed by atoms with Crippen molar-refractivity contribution in [3.8, 4) is 11.6 Å². The lowest BCUT2D eigenvalue weighted by Crippen LogP contribution is -2.26.